The number of carbonyl (C=O) groups excluding carboxylic acids is 2. The number of halogens is 1. The first-order chi connectivity index (χ1) is 18.1. The van der Waals surface area contributed by atoms with Crippen LogP contribution in [0.5, 0.6) is 0 Å². The van der Waals surface area contributed by atoms with Gasteiger partial charge in [0, 0.05) is 18.7 Å². The molecule has 38 heavy (non-hydrogen) atoms. The summed E-state index contributed by atoms with van der Waals surface area (Å²) >= 11 is 0. The average molecular weight is 540 g/mol. The van der Waals surface area contributed by atoms with Crippen molar-refractivity contribution in [3.05, 3.63) is 95.8 Å². The Bertz CT molecular complexity index is 1330. The van der Waals surface area contributed by atoms with Gasteiger partial charge in [0.25, 0.3) is 10.0 Å². The lowest BCUT2D eigenvalue weighted by Crippen LogP contribution is -2.51. The molecular weight excluding hydrogens is 505 g/mol. The molecule has 1 atom stereocenters. The maximum Gasteiger partial charge on any atom is 0.264 e. The van der Waals surface area contributed by atoms with Crippen LogP contribution in [0.2, 0.25) is 0 Å². The summed E-state index contributed by atoms with van der Waals surface area (Å²) in [4.78, 5) is 28.0. The molecule has 0 fully saturated rings. The molecule has 202 valence electrons. The summed E-state index contributed by atoms with van der Waals surface area (Å²) in [5.41, 5.74) is 1.45. The van der Waals surface area contributed by atoms with E-state index >= 15 is 0 Å². The number of amides is 2. The maximum absolute atomic E-state index is 14.6. The van der Waals surface area contributed by atoms with E-state index in [0.717, 1.165) is 22.7 Å². The first-order valence-electron chi connectivity index (χ1n) is 12.6. The van der Waals surface area contributed by atoms with Gasteiger partial charge in [0.1, 0.15) is 18.4 Å². The smallest absolute Gasteiger partial charge is 0.264 e. The predicted octanol–water partition coefficient (Wildman–Crippen LogP) is 4.66. The van der Waals surface area contributed by atoms with Gasteiger partial charge in [-0.25, -0.2) is 12.8 Å². The second-order valence-electron chi connectivity index (χ2n) is 9.09. The fraction of sp³-hybridized carbons (Fsp3) is 0.310. The molecule has 3 aromatic carbocycles. The van der Waals surface area contributed by atoms with Crippen molar-refractivity contribution >= 4 is 27.5 Å². The van der Waals surface area contributed by atoms with E-state index in [-0.39, 0.29) is 17.0 Å². The van der Waals surface area contributed by atoms with Crippen LogP contribution in [-0.4, -0.2) is 44.3 Å². The molecule has 0 saturated carbocycles. The Morgan fingerprint density at radius 3 is 2.21 bits per heavy atom. The van der Waals surface area contributed by atoms with Crippen molar-refractivity contribution in [2.24, 2.45) is 0 Å². The highest BCUT2D eigenvalue weighted by molar-refractivity contribution is 7.92. The second kappa shape index (κ2) is 13.2. The quantitative estimate of drug-likeness (QED) is 0.339. The molecule has 1 unspecified atom stereocenters. The highest BCUT2D eigenvalue weighted by Gasteiger charge is 2.32. The number of aryl methyl sites for hydroxylation is 1. The monoisotopic (exact) mass is 539 g/mol. The van der Waals surface area contributed by atoms with Crippen LogP contribution >= 0.6 is 0 Å². The van der Waals surface area contributed by atoms with Gasteiger partial charge in [-0.05, 0) is 50.6 Å². The molecule has 0 spiro atoms. The van der Waals surface area contributed by atoms with Crippen molar-refractivity contribution in [2.75, 3.05) is 17.4 Å². The van der Waals surface area contributed by atoms with Crippen LogP contribution in [0, 0.1) is 12.7 Å². The molecule has 0 radical (unpaired) electrons. The first-order valence-corrected chi connectivity index (χ1v) is 14.0. The summed E-state index contributed by atoms with van der Waals surface area (Å²) in [6, 6.07) is 19.7. The molecule has 2 amide bonds. The van der Waals surface area contributed by atoms with Crippen molar-refractivity contribution in [3.8, 4) is 0 Å². The molecular formula is C29H34FN3O4S. The zero-order valence-corrected chi connectivity index (χ0v) is 22.7. The fourth-order valence-corrected chi connectivity index (χ4v) is 5.32. The van der Waals surface area contributed by atoms with Gasteiger partial charge in [0.05, 0.1) is 10.6 Å². The lowest BCUT2D eigenvalue weighted by atomic mass is 10.1. The predicted molar refractivity (Wildman–Crippen MR) is 146 cm³/mol. The van der Waals surface area contributed by atoms with E-state index in [1.165, 1.54) is 35.2 Å². The van der Waals surface area contributed by atoms with E-state index in [1.54, 1.807) is 55.5 Å². The minimum absolute atomic E-state index is 0.0272. The molecule has 0 bridgehead atoms. The van der Waals surface area contributed by atoms with Gasteiger partial charge in [-0.1, -0.05) is 67.4 Å². The van der Waals surface area contributed by atoms with Gasteiger partial charge < -0.3 is 10.2 Å². The van der Waals surface area contributed by atoms with Gasteiger partial charge in [-0.3, -0.25) is 13.9 Å². The molecule has 3 aromatic rings. The van der Waals surface area contributed by atoms with Crippen LogP contribution in [-0.2, 0) is 26.2 Å². The molecule has 0 aliphatic carbocycles. The highest BCUT2D eigenvalue weighted by Crippen LogP contribution is 2.25. The van der Waals surface area contributed by atoms with Gasteiger partial charge in [-0.2, -0.15) is 0 Å². The largest absolute Gasteiger partial charge is 0.354 e. The number of nitrogens with zero attached hydrogens (tertiary/aromatic N) is 2. The number of benzene rings is 3. The number of carbonyl (C=O) groups is 2. The van der Waals surface area contributed by atoms with E-state index in [9.17, 15) is 22.4 Å². The lowest BCUT2D eigenvalue weighted by molar-refractivity contribution is -0.139. The molecule has 7 nitrogen and oxygen atoms in total. The summed E-state index contributed by atoms with van der Waals surface area (Å²) in [7, 11) is -4.13. The Morgan fingerprint density at radius 1 is 0.947 bits per heavy atom. The van der Waals surface area contributed by atoms with Crippen molar-refractivity contribution in [1.29, 1.82) is 0 Å². The molecule has 9 heteroatoms. The summed E-state index contributed by atoms with van der Waals surface area (Å²) in [6.45, 7) is 5.11. The van der Waals surface area contributed by atoms with Crippen molar-refractivity contribution < 1.29 is 22.4 Å². The van der Waals surface area contributed by atoms with Crippen LogP contribution in [0.4, 0.5) is 10.1 Å². The lowest BCUT2D eigenvalue weighted by Gasteiger charge is -2.32. The number of nitrogens with one attached hydrogen (secondary N) is 1. The minimum Gasteiger partial charge on any atom is -0.354 e. The van der Waals surface area contributed by atoms with Crippen LogP contribution in [0.25, 0.3) is 0 Å². The van der Waals surface area contributed by atoms with Crippen LogP contribution in [0.3, 0.4) is 0 Å². The Morgan fingerprint density at radius 2 is 1.58 bits per heavy atom. The minimum atomic E-state index is -4.13. The number of rotatable bonds is 12. The van der Waals surface area contributed by atoms with Crippen molar-refractivity contribution in [3.63, 3.8) is 0 Å². The maximum atomic E-state index is 14.6. The normalized spacial score (nSPS) is 12.0. The Balaban J connectivity index is 1.99. The van der Waals surface area contributed by atoms with E-state index < -0.39 is 40.2 Å². The van der Waals surface area contributed by atoms with Crippen LogP contribution < -0.4 is 9.62 Å². The number of sulfonamides is 1. The zero-order valence-electron chi connectivity index (χ0n) is 21.9. The summed E-state index contributed by atoms with van der Waals surface area (Å²) in [5.74, 6) is -1.54. The van der Waals surface area contributed by atoms with Crippen LogP contribution in [0.15, 0.2) is 83.8 Å². The standard InChI is InChI=1S/C29H34FN3O4S/c1-4-5-19-31-29(35)23(3)32(20-24-11-9-10-14-27(24)30)28(34)21-33(25-17-15-22(2)16-18-25)38(36,37)26-12-7-6-8-13-26/h6-18,23H,4-5,19-21H2,1-3H3,(H,31,35). The molecule has 3 rings (SSSR count). The molecule has 1 N–H and O–H groups in total. The average Bonchev–Trinajstić information content (AvgIpc) is 2.92. The van der Waals surface area contributed by atoms with E-state index in [4.69, 9.17) is 0 Å². The van der Waals surface area contributed by atoms with Crippen molar-refractivity contribution in [1.82, 2.24) is 10.2 Å². The number of unbranched alkanes of at least 4 members (excludes halogenated alkanes) is 1. The fourth-order valence-electron chi connectivity index (χ4n) is 3.89. The van der Waals surface area contributed by atoms with E-state index in [1.807, 2.05) is 13.8 Å². The number of hydrogen-bond acceptors (Lipinski definition) is 4. The third kappa shape index (κ3) is 7.19. The van der Waals surface area contributed by atoms with Gasteiger partial charge >= 0.3 is 0 Å². The third-order valence-electron chi connectivity index (χ3n) is 6.23. The number of hydrogen-bond donors (Lipinski definition) is 1. The first kappa shape index (κ1) is 28.8. The second-order valence-corrected chi connectivity index (χ2v) is 11.0. The number of anilines is 1. The van der Waals surface area contributed by atoms with Gasteiger partial charge in [-0.15, -0.1) is 0 Å². The summed E-state index contributed by atoms with van der Waals surface area (Å²) < 4.78 is 42.9. The van der Waals surface area contributed by atoms with Gasteiger partial charge in [0.2, 0.25) is 11.8 Å². The van der Waals surface area contributed by atoms with Crippen molar-refractivity contribution in [2.45, 2.75) is 51.1 Å². The summed E-state index contributed by atoms with van der Waals surface area (Å²) in [5, 5.41) is 2.81. The Kier molecular flexibility index (Phi) is 10.0. The molecule has 0 aromatic heterocycles. The molecule has 0 aliphatic rings. The Labute approximate surface area is 224 Å². The Hall–Kier alpha value is -3.72. The van der Waals surface area contributed by atoms with E-state index in [0.29, 0.717) is 12.2 Å². The summed E-state index contributed by atoms with van der Waals surface area (Å²) in [6.07, 6.45) is 1.66. The molecule has 0 saturated heterocycles. The zero-order chi connectivity index (χ0) is 27.7. The third-order valence-corrected chi connectivity index (χ3v) is 8.02. The molecule has 0 heterocycles. The SMILES string of the molecule is CCCCNC(=O)C(C)N(Cc1ccccc1F)C(=O)CN(c1ccc(C)cc1)S(=O)(=O)c1ccccc1. The highest BCUT2D eigenvalue weighted by atomic mass is 32.2. The van der Waals surface area contributed by atoms with E-state index in [2.05, 4.69) is 5.32 Å². The molecule has 0 aliphatic heterocycles. The van der Waals surface area contributed by atoms with Gasteiger partial charge in [0.15, 0.2) is 0 Å². The van der Waals surface area contributed by atoms with Crippen LogP contribution in [0.1, 0.15) is 37.8 Å². The topological polar surface area (TPSA) is 86.8 Å².